The SMILES string of the molecule is CC(=O)Nc1cnc(-c2cccc(C)n2)c(-c2ccc3ncc(C#N)n3c2)c1.CC(=O)Nc1cnc(-c2cccc(C)n2)c(-c2ccc3ncc(C(N)=O)n3c2)c1. The van der Waals surface area contributed by atoms with E-state index in [1.807, 2.05) is 86.8 Å². The van der Waals surface area contributed by atoms with E-state index in [4.69, 9.17) is 5.73 Å². The maximum Gasteiger partial charge on any atom is 0.267 e. The van der Waals surface area contributed by atoms with Crippen LogP contribution in [0.4, 0.5) is 11.4 Å². The number of primary amides is 1. The highest BCUT2D eigenvalue weighted by Gasteiger charge is 2.17. The fraction of sp³-hybridized carbons (Fsp3) is 0.0952. The molecule has 15 nitrogen and oxygen atoms in total. The van der Waals surface area contributed by atoms with E-state index in [2.05, 4.69) is 46.6 Å². The van der Waals surface area contributed by atoms with Crippen molar-refractivity contribution in [2.24, 2.45) is 5.73 Å². The van der Waals surface area contributed by atoms with Gasteiger partial charge in [0.05, 0.1) is 58.9 Å². The first-order valence-corrected chi connectivity index (χ1v) is 17.6. The summed E-state index contributed by atoms with van der Waals surface area (Å²) in [5, 5.41) is 14.8. The molecule has 0 spiro atoms. The lowest BCUT2D eigenvalue weighted by Crippen LogP contribution is -2.13. The normalized spacial score (nSPS) is 10.7. The molecule has 0 saturated carbocycles. The molecule has 8 aromatic heterocycles. The number of fused-ring (bicyclic) bond motifs is 2. The molecule has 15 heteroatoms. The van der Waals surface area contributed by atoms with Gasteiger partial charge in [-0.05, 0) is 74.5 Å². The Kier molecular flexibility index (Phi) is 10.2. The quantitative estimate of drug-likeness (QED) is 0.162. The number of hydrogen-bond donors (Lipinski definition) is 3. The molecule has 0 fully saturated rings. The second kappa shape index (κ2) is 15.7. The van der Waals surface area contributed by atoms with Gasteiger partial charge < -0.3 is 16.4 Å². The van der Waals surface area contributed by atoms with Gasteiger partial charge in [-0.1, -0.05) is 12.1 Å². The molecule has 0 aromatic carbocycles. The largest absolute Gasteiger partial charge is 0.364 e. The zero-order valence-electron chi connectivity index (χ0n) is 31.2. The zero-order valence-corrected chi connectivity index (χ0v) is 31.2. The molecule has 8 aromatic rings. The van der Waals surface area contributed by atoms with E-state index in [0.29, 0.717) is 45.4 Å². The first kappa shape index (κ1) is 37.2. The maximum atomic E-state index is 11.7. The number of hydrogen-bond acceptors (Lipinski definition) is 10. The average molecular weight is 755 g/mol. The highest BCUT2D eigenvalue weighted by Crippen LogP contribution is 2.34. The summed E-state index contributed by atoms with van der Waals surface area (Å²) in [6, 6.07) is 24.7. The van der Waals surface area contributed by atoms with Crippen molar-refractivity contribution in [1.82, 2.24) is 38.7 Å². The van der Waals surface area contributed by atoms with E-state index in [-0.39, 0.29) is 17.5 Å². The van der Waals surface area contributed by atoms with Gasteiger partial charge in [0.1, 0.15) is 28.8 Å². The number of nitrogens with zero attached hydrogens (tertiary/aromatic N) is 9. The molecule has 0 aliphatic carbocycles. The van der Waals surface area contributed by atoms with Gasteiger partial charge in [0, 0.05) is 59.9 Å². The van der Waals surface area contributed by atoms with Crippen LogP contribution in [-0.2, 0) is 9.59 Å². The summed E-state index contributed by atoms with van der Waals surface area (Å²) < 4.78 is 3.37. The molecule has 0 bridgehead atoms. The Hall–Kier alpha value is -8.12. The minimum Gasteiger partial charge on any atom is -0.364 e. The average Bonchev–Trinajstić information content (AvgIpc) is 3.81. The smallest absolute Gasteiger partial charge is 0.267 e. The topological polar surface area (TPSA) is 211 Å². The summed E-state index contributed by atoms with van der Waals surface area (Å²) in [5.41, 5.74) is 16.3. The van der Waals surface area contributed by atoms with E-state index in [9.17, 15) is 19.6 Å². The number of carbonyl (C=O) groups excluding carboxylic acids is 3. The summed E-state index contributed by atoms with van der Waals surface area (Å²) in [6.45, 7) is 6.72. The summed E-state index contributed by atoms with van der Waals surface area (Å²) in [7, 11) is 0. The summed E-state index contributed by atoms with van der Waals surface area (Å²) in [6.07, 6.45) is 9.80. The zero-order chi connectivity index (χ0) is 40.2. The van der Waals surface area contributed by atoms with Gasteiger partial charge in [0.25, 0.3) is 5.91 Å². The Morgan fingerprint density at radius 3 is 1.61 bits per heavy atom. The molecule has 0 aliphatic heterocycles. The Morgan fingerprint density at radius 2 is 1.14 bits per heavy atom. The predicted molar refractivity (Wildman–Crippen MR) is 215 cm³/mol. The van der Waals surface area contributed by atoms with Gasteiger partial charge in [-0.3, -0.25) is 43.1 Å². The van der Waals surface area contributed by atoms with Crippen LogP contribution >= 0.6 is 0 Å². The van der Waals surface area contributed by atoms with Crippen molar-refractivity contribution >= 4 is 40.4 Å². The number of nitrogens with one attached hydrogen (secondary N) is 2. The second-order valence-electron chi connectivity index (χ2n) is 13.0. The number of aromatic nitrogens is 8. The number of nitrogens with two attached hydrogens (primary N) is 1. The van der Waals surface area contributed by atoms with Crippen molar-refractivity contribution in [1.29, 1.82) is 5.26 Å². The van der Waals surface area contributed by atoms with E-state index in [0.717, 1.165) is 39.3 Å². The molecule has 57 heavy (non-hydrogen) atoms. The monoisotopic (exact) mass is 754 g/mol. The van der Waals surface area contributed by atoms with Crippen LogP contribution in [0.3, 0.4) is 0 Å². The molecule has 0 unspecified atom stereocenters. The first-order chi connectivity index (χ1) is 27.5. The highest BCUT2D eigenvalue weighted by molar-refractivity contribution is 5.93. The number of rotatable bonds is 7. The van der Waals surface area contributed by atoms with Gasteiger partial charge in [-0.25, -0.2) is 9.97 Å². The number of anilines is 2. The molecule has 0 saturated heterocycles. The Balaban J connectivity index is 0.000000174. The van der Waals surface area contributed by atoms with Crippen LogP contribution in [0, 0.1) is 25.2 Å². The van der Waals surface area contributed by atoms with Crippen LogP contribution in [0.1, 0.15) is 41.4 Å². The lowest BCUT2D eigenvalue weighted by Gasteiger charge is -2.12. The van der Waals surface area contributed by atoms with Gasteiger partial charge in [0.2, 0.25) is 11.8 Å². The lowest BCUT2D eigenvalue weighted by molar-refractivity contribution is -0.115. The third kappa shape index (κ3) is 8.05. The molecule has 0 radical (unpaired) electrons. The van der Waals surface area contributed by atoms with E-state index < -0.39 is 5.91 Å². The minimum atomic E-state index is -0.569. The Bertz CT molecular complexity index is 2910. The van der Waals surface area contributed by atoms with Crippen molar-refractivity contribution in [3.8, 4) is 51.1 Å². The number of amides is 3. The lowest BCUT2D eigenvalue weighted by atomic mass is 10.0. The van der Waals surface area contributed by atoms with Crippen LogP contribution in [0.25, 0.3) is 56.3 Å². The third-order valence-electron chi connectivity index (χ3n) is 8.68. The van der Waals surface area contributed by atoms with Gasteiger partial charge in [0.15, 0.2) is 0 Å². The molecule has 8 rings (SSSR count). The van der Waals surface area contributed by atoms with E-state index >= 15 is 0 Å². The fourth-order valence-corrected chi connectivity index (χ4v) is 6.22. The summed E-state index contributed by atoms with van der Waals surface area (Å²) in [4.78, 5) is 61.4. The number of nitriles is 1. The molecule has 0 atom stereocenters. The summed E-state index contributed by atoms with van der Waals surface area (Å²) >= 11 is 0. The Morgan fingerprint density at radius 1 is 0.649 bits per heavy atom. The van der Waals surface area contributed by atoms with E-state index in [1.165, 1.54) is 26.2 Å². The predicted octanol–water partition coefficient (Wildman–Crippen LogP) is 6.42. The number of pyridine rings is 6. The number of aryl methyl sites for hydroxylation is 2. The van der Waals surface area contributed by atoms with Crippen LogP contribution in [0.15, 0.2) is 110 Å². The molecular formula is C42H34N12O3. The fourth-order valence-electron chi connectivity index (χ4n) is 6.22. The van der Waals surface area contributed by atoms with Crippen molar-refractivity contribution < 1.29 is 14.4 Å². The molecule has 0 aliphatic rings. The molecule has 4 N–H and O–H groups in total. The second-order valence-corrected chi connectivity index (χ2v) is 13.0. The standard InChI is InChI=1S/C21H18N6O2.C21H16N6O/c1-12-4-3-5-17(25-12)20-16(8-15(9-24-20)26-13(2)28)14-6-7-19-23-10-18(21(22)29)27(19)11-14;1-13-4-3-5-19(25-13)21-18(8-16(10-24-21)26-14(2)28)15-6-7-20-23-11-17(9-22)27(20)12-15/h3-11H,1-2H3,(H2,22,29)(H,26,28);3-8,10-12H,1-2H3,(H,26,28). The van der Waals surface area contributed by atoms with Crippen molar-refractivity contribution in [3.05, 3.63) is 133 Å². The molecule has 8 heterocycles. The van der Waals surface area contributed by atoms with Gasteiger partial charge in [-0.2, -0.15) is 5.26 Å². The van der Waals surface area contributed by atoms with Gasteiger partial charge >= 0.3 is 0 Å². The maximum absolute atomic E-state index is 11.7. The van der Waals surface area contributed by atoms with Crippen LogP contribution < -0.4 is 16.4 Å². The number of imidazole rings is 2. The van der Waals surface area contributed by atoms with Gasteiger partial charge in [-0.15, -0.1) is 0 Å². The third-order valence-corrected chi connectivity index (χ3v) is 8.68. The minimum absolute atomic E-state index is 0.175. The van der Waals surface area contributed by atoms with Crippen LogP contribution in [0.2, 0.25) is 0 Å². The van der Waals surface area contributed by atoms with Crippen molar-refractivity contribution in [2.45, 2.75) is 27.7 Å². The van der Waals surface area contributed by atoms with Crippen molar-refractivity contribution in [3.63, 3.8) is 0 Å². The Labute approximate surface area is 326 Å². The summed E-state index contributed by atoms with van der Waals surface area (Å²) in [5.74, 6) is -0.938. The molecule has 280 valence electrons. The molecular weight excluding hydrogens is 721 g/mol. The van der Waals surface area contributed by atoms with Crippen LogP contribution in [-0.4, -0.2) is 56.4 Å². The molecule has 3 amide bonds. The first-order valence-electron chi connectivity index (χ1n) is 17.6. The van der Waals surface area contributed by atoms with Crippen molar-refractivity contribution in [2.75, 3.05) is 10.6 Å². The highest BCUT2D eigenvalue weighted by atomic mass is 16.2. The number of carbonyl (C=O) groups is 3. The van der Waals surface area contributed by atoms with E-state index in [1.54, 1.807) is 33.5 Å². The van der Waals surface area contributed by atoms with Crippen LogP contribution in [0.5, 0.6) is 0 Å².